The van der Waals surface area contributed by atoms with Gasteiger partial charge in [-0.05, 0) is 51.2 Å². The van der Waals surface area contributed by atoms with Crippen LogP contribution in [0.25, 0.3) is 0 Å². The minimum Gasteiger partial charge on any atom is -0.507 e. The van der Waals surface area contributed by atoms with Crippen LogP contribution in [0.4, 0.5) is 0 Å². The third-order valence-corrected chi connectivity index (χ3v) is 2.53. The summed E-state index contributed by atoms with van der Waals surface area (Å²) in [5.74, 6) is 0.165. The van der Waals surface area contributed by atoms with Gasteiger partial charge in [-0.1, -0.05) is 15.9 Å². The van der Waals surface area contributed by atoms with Crippen molar-refractivity contribution in [2.45, 2.75) is 26.3 Å². The highest BCUT2D eigenvalue weighted by Crippen LogP contribution is 2.19. The van der Waals surface area contributed by atoms with Crippen LogP contribution in [-0.2, 0) is 0 Å². The van der Waals surface area contributed by atoms with Crippen molar-refractivity contribution in [1.82, 2.24) is 10.7 Å². The molecular formula is C12H16BrN3OS. The zero-order valence-corrected chi connectivity index (χ0v) is 12.9. The zero-order valence-electron chi connectivity index (χ0n) is 10.5. The van der Waals surface area contributed by atoms with Gasteiger partial charge in [-0.3, -0.25) is 5.43 Å². The number of phenolic OH excluding ortho intramolecular Hbond substituents is 1. The van der Waals surface area contributed by atoms with Crippen LogP contribution in [0.5, 0.6) is 5.75 Å². The molecule has 0 bridgehead atoms. The highest BCUT2D eigenvalue weighted by Gasteiger charge is 2.09. The van der Waals surface area contributed by atoms with Crippen LogP contribution in [0.15, 0.2) is 27.8 Å². The molecule has 98 valence electrons. The highest BCUT2D eigenvalue weighted by atomic mass is 79.9. The minimum atomic E-state index is -0.114. The van der Waals surface area contributed by atoms with Crippen molar-refractivity contribution in [3.05, 3.63) is 28.2 Å². The Balaban J connectivity index is 2.60. The fraction of sp³-hybridized carbons (Fsp3) is 0.333. The standard InChI is InChI=1S/C12H16BrN3OS/c1-12(2,3)15-11(18)16-14-7-8-6-9(13)4-5-10(8)17/h4-7,17H,1-3H3,(H2,15,16,18). The number of nitrogens with one attached hydrogen (secondary N) is 2. The van der Waals surface area contributed by atoms with Gasteiger partial charge >= 0.3 is 0 Å². The van der Waals surface area contributed by atoms with E-state index in [-0.39, 0.29) is 11.3 Å². The number of benzene rings is 1. The first-order valence-electron chi connectivity index (χ1n) is 5.38. The average Bonchev–Trinajstić information content (AvgIpc) is 2.20. The predicted octanol–water partition coefficient (Wildman–Crippen LogP) is 2.75. The minimum absolute atomic E-state index is 0.114. The van der Waals surface area contributed by atoms with E-state index in [2.05, 4.69) is 31.8 Å². The van der Waals surface area contributed by atoms with Crippen LogP contribution in [0.3, 0.4) is 0 Å². The van der Waals surface area contributed by atoms with Crippen molar-refractivity contribution in [3.63, 3.8) is 0 Å². The second-order valence-electron chi connectivity index (χ2n) is 4.78. The van der Waals surface area contributed by atoms with Gasteiger partial charge in [0.15, 0.2) is 5.11 Å². The normalized spacial score (nSPS) is 11.6. The van der Waals surface area contributed by atoms with E-state index >= 15 is 0 Å². The molecular weight excluding hydrogens is 314 g/mol. The zero-order chi connectivity index (χ0) is 13.8. The lowest BCUT2D eigenvalue weighted by Crippen LogP contribution is -2.44. The van der Waals surface area contributed by atoms with Crippen LogP contribution in [0.2, 0.25) is 0 Å². The van der Waals surface area contributed by atoms with Crippen molar-refractivity contribution in [2.24, 2.45) is 5.10 Å². The number of rotatable bonds is 2. The molecule has 6 heteroatoms. The monoisotopic (exact) mass is 329 g/mol. The molecule has 0 unspecified atom stereocenters. The van der Waals surface area contributed by atoms with Gasteiger partial charge in [0.25, 0.3) is 0 Å². The number of hydrogen-bond acceptors (Lipinski definition) is 3. The molecule has 0 atom stereocenters. The second kappa shape index (κ2) is 6.15. The van der Waals surface area contributed by atoms with Crippen molar-refractivity contribution < 1.29 is 5.11 Å². The number of hydrogen-bond donors (Lipinski definition) is 3. The summed E-state index contributed by atoms with van der Waals surface area (Å²) in [7, 11) is 0. The fourth-order valence-electron chi connectivity index (χ4n) is 1.16. The molecule has 18 heavy (non-hydrogen) atoms. The molecule has 0 aliphatic rings. The Morgan fingerprint density at radius 3 is 2.72 bits per heavy atom. The first-order chi connectivity index (χ1) is 8.28. The van der Waals surface area contributed by atoms with Crippen molar-refractivity contribution >= 4 is 39.5 Å². The molecule has 0 saturated heterocycles. The summed E-state index contributed by atoms with van der Waals surface area (Å²) in [5, 5.41) is 17.1. The molecule has 0 aromatic heterocycles. The van der Waals surface area contributed by atoms with Crippen LogP contribution >= 0.6 is 28.1 Å². The van der Waals surface area contributed by atoms with Crippen LogP contribution in [0, 0.1) is 0 Å². The third-order valence-electron chi connectivity index (χ3n) is 1.85. The number of hydrazone groups is 1. The summed E-state index contributed by atoms with van der Waals surface area (Å²) in [6.45, 7) is 6.01. The Bertz CT molecular complexity index is 469. The summed E-state index contributed by atoms with van der Waals surface area (Å²) in [6, 6.07) is 5.11. The van der Waals surface area contributed by atoms with E-state index < -0.39 is 0 Å². The number of aromatic hydroxyl groups is 1. The van der Waals surface area contributed by atoms with E-state index in [0.717, 1.165) is 4.47 Å². The Morgan fingerprint density at radius 2 is 2.11 bits per heavy atom. The van der Waals surface area contributed by atoms with Gasteiger partial charge in [0, 0.05) is 15.6 Å². The van der Waals surface area contributed by atoms with Gasteiger partial charge in [-0.2, -0.15) is 5.10 Å². The lowest BCUT2D eigenvalue weighted by Gasteiger charge is -2.21. The average molecular weight is 330 g/mol. The molecule has 3 N–H and O–H groups in total. The molecule has 0 aliphatic heterocycles. The van der Waals surface area contributed by atoms with Crippen LogP contribution in [-0.4, -0.2) is 22.0 Å². The Morgan fingerprint density at radius 1 is 1.44 bits per heavy atom. The Hall–Kier alpha value is -1.14. The molecule has 0 fully saturated rings. The van der Waals surface area contributed by atoms with Crippen molar-refractivity contribution in [1.29, 1.82) is 0 Å². The van der Waals surface area contributed by atoms with E-state index in [9.17, 15) is 5.11 Å². The molecule has 0 heterocycles. The topological polar surface area (TPSA) is 56.7 Å². The summed E-state index contributed by atoms with van der Waals surface area (Å²) in [4.78, 5) is 0. The van der Waals surface area contributed by atoms with Crippen LogP contribution < -0.4 is 10.7 Å². The first kappa shape index (κ1) is 14.9. The summed E-state index contributed by atoms with van der Waals surface area (Å²) in [5.41, 5.74) is 3.19. The molecule has 4 nitrogen and oxygen atoms in total. The van der Waals surface area contributed by atoms with Crippen molar-refractivity contribution in [3.8, 4) is 5.75 Å². The molecule has 0 amide bonds. The molecule has 0 saturated carbocycles. The van der Waals surface area contributed by atoms with Crippen LogP contribution in [0.1, 0.15) is 26.3 Å². The lowest BCUT2D eigenvalue weighted by atomic mass is 10.1. The van der Waals surface area contributed by atoms with E-state index in [1.165, 1.54) is 6.21 Å². The van der Waals surface area contributed by atoms with Gasteiger partial charge in [0.1, 0.15) is 5.75 Å². The molecule has 1 aromatic carbocycles. The quantitative estimate of drug-likeness (QED) is 0.443. The van der Waals surface area contributed by atoms with Gasteiger partial charge in [0.2, 0.25) is 0 Å². The number of nitrogens with zero attached hydrogens (tertiary/aromatic N) is 1. The Labute approximate surface area is 121 Å². The number of halogens is 1. The summed E-state index contributed by atoms with van der Waals surface area (Å²) >= 11 is 8.39. The molecule has 1 rings (SSSR count). The fourth-order valence-corrected chi connectivity index (χ4v) is 1.90. The van der Waals surface area contributed by atoms with E-state index in [1.54, 1.807) is 18.2 Å². The maximum absolute atomic E-state index is 9.60. The summed E-state index contributed by atoms with van der Waals surface area (Å²) < 4.78 is 0.872. The maximum Gasteiger partial charge on any atom is 0.187 e. The van der Waals surface area contributed by atoms with E-state index in [0.29, 0.717) is 10.7 Å². The Kier molecular flexibility index (Phi) is 5.10. The SMILES string of the molecule is CC(C)(C)NC(=S)NN=Cc1cc(Br)ccc1O. The second-order valence-corrected chi connectivity index (χ2v) is 6.10. The number of phenols is 1. The highest BCUT2D eigenvalue weighted by molar-refractivity contribution is 9.10. The molecule has 0 spiro atoms. The molecule has 0 radical (unpaired) electrons. The lowest BCUT2D eigenvalue weighted by molar-refractivity contribution is 0.474. The molecule has 0 aliphatic carbocycles. The maximum atomic E-state index is 9.60. The number of thiocarbonyl (C=S) groups is 1. The third kappa shape index (κ3) is 5.46. The van der Waals surface area contributed by atoms with Gasteiger partial charge in [-0.15, -0.1) is 0 Å². The van der Waals surface area contributed by atoms with E-state index in [1.807, 2.05) is 20.8 Å². The van der Waals surface area contributed by atoms with Crippen molar-refractivity contribution in [2.75, 3.05) is 0 Å². The first-order valence-corrected chi connectivity index (χ1v) is 6.58. The van der Waals surface area contributed by atoms with Gasteiger partial charge in [-0.25, -0.2) is 0 Å². The van der Waals surface area contributed by atoms with Gasteiger partial charge < -0.3 is 10.4 Å². The smallest absolute Gasteiger partial charge is 0.187 e. The predicted molar refractivity (Wildman–Crippen MR) is 82.0 cm³/mol. The van der Waals surface area contributed by atoms with Gasteiger partial charge in [0.05, 0.1) is 6.21 Å². The van der Waals surface area contributed by atoms with E-state index in [4.69, 9.17) is 12.2 Å². The summed E-state index contributed by atoms with van der Waals surface area (Å²) in [6.07, 6.45) is 1.51. The molecule has 1 aromatic rings. The largest absolute Gasteiger partial charge is 0.507 e.